The summed E-state index contributed by atoms with van der Waals surface area (Å²) in [6.07, 6.45) is 0. The Labute approximate surface area is 145 Å². The van der Waals surface area contributed by atoms with E-state index in [1.807, 2.05) is 12.1 Å². The molecule has 122 valence electrons. The molecule has 24 heavy (non-hydrogen) atoms. The summed E-state index contributed by atoms with van der Waals surface area (Å²) < 4.78 is 0. The van der Waals surface area contributed by atoms with Crippen molar-refractivity contribution in [3.63, 3.8) is 0 Å². The quantitative estimate of drug-likeness (QED) is 0.488. The SMILES string of the molecule is Cc1cc(C)cc(C(c2ccc(N)cc2)c2cc(C)cc(C)c2)c1. The van der Waals surface area contributed by atoms with Crippen LogP contribution < -0.4 is 5.73 Å². The van der Waals surface area contributed by atoms with Crippen molar-refractivity contribution in [2.75, 3.05) is 5.73 Å². The smallest absolute Gasteiger partial charge is 0.0340 e. The van der Waals surface area contributed by atoms with Gasteiger partial charge in [0.1, 0.15) is 0 Å². The van der Waals surface area contributed by atoms with Gasteiger partial charge < -0.3 is 5.73 Å². The number of anilines is 1. The lowest BCUT2D eigenvalue weighted by molar-refractivity contribution is 0.965. The molecule has 0 unspecified atom stereocenters. The molecular formula is C23H25N. The largest absolute Gasteiger partial charge is 0.399 e. The molecule has 0 fully saturated rings. The van der Waals surface area contributed by atoms with Gasteiger partial charge in [0.15, 0.2) is 0 Å². The summed E-state index contributed by atoms with van der Waals surface area (Å²) in [7, 11) is 0. The average Bonchev–Trinajstić information content (AvgIpc) is 2.47. The Morgan fingerprint density at radius 3 is 1.29 bits per heavy atom. The second-order valence-electron chi connectivity index (χ2n) is 6.94. The van der Waals surface area contributed by atoms with Crippen LogP contribution in [0.4, 0.5) is 5.69 Å². The van der Waals surface area contributed by atoms with Crippen LogP contribution in [0.25, 0.3) is 0 Å². The standard InChI is InChI=1S/C23H25N/c1-15-9-16(2)12-20(11-15)23(19-5-7-22(24)8-6-19)21-13-17(3)10-18(4)14-21/h5-14,23H,24H2,1-4H3. The fraction of sp³-hybridized carbons (Fsp3) is 0.217. The minimum Gasteiger partial charge on any atom is -0.399 e. The average molecular weight is 315 g/mol. The molecule has 0 saturated heterocycles. The molecular weight excluding hydrogens is 290 g/mol. The molecule has 2 N–H and O–H groups in total. The molecule has 0 radical (unpaired) electrons. The van der Waals surface area contributed by atoms with Gasteiger partial charge in [-0.3, -0.25) is 0 Å². The molecule has 0 bridgehead atoms. The maximum atomic E-state index is 5.90. The molecule has 0 saturated carbocycles. The van der Waals surface area contributed by atoms with E-state index in [9.17, 15) is 0 Å². The normalized spacial score (nSPS) is 11.0. The Morgan fingerprint density at radius 1 is 0.542 bits per heavy atom. The lowest BCUT2D eigenvalue weighted by Crippen LogP contribution is -2.05. The predicted molar refractivity (Wildman–Crippen MR) is 104 cm³/mol. The van der Waals surface area contributed by atoms with Gasteiger partial charge in [-0.15, -0.1) is 0 Å². The highest BCUT2D eigenvalue weighted by atomic mass is 14.5. The van der Waals surface area contributed by atoms with Gasteiger partial charge in [0, 0.05) is 11.6 Å². The van der Waals surface area contributed by atoms with Crippen LogP contribution in [-0.4, -0.2) is 0 Å². The second kappa shape index (κ2) is 6.52. The number of rotatable bonds is 3. The third-order valence-corrected chi connectivity index (χ3v) is 4.42. The van der Waals surface area contributed by atoms with Gasteiger partial charge in [-0.2, -0.15) is 0 Å². The lowest BCUT2D eigenvalue weighted by Gasteiger charge is -2.21. The highest BCUT2D eigenvalue weighted by Gasteiger charge is 2.18. The first kappa shape index (κ1) is 16.3. The van der Waals surface area contributed by atoms with Crippen LogP contribution in [0.15, 0.2) is 60.7 Å². The first-order valence-corrected chi connectivity index (χ1v) is 8.44. The Bertz CT molecular complexity index is 768. The zero-order chi connectivity index (χ0) is 17.3. The van der Waals surface area contributed by atoms with E-state index in [1.54, 1.807) is 0 Å². The van der Waals surface area contributed by atoms with Crippen LogP contribution in [0.3, 0.4) is 0 Å². The summed E-state index contributed by atoms with van der Waals surface area (Å²) in [6.45, 7) is 8.66. The summed E-state index contributed by atoms with van der Waals surface area (Å²) in [6, 6.07) is 21.9. The molecule has 0 aromatic heterocycles. The number of nitrogens with two attached hydrogens (primary N) is 1. The van der Waals surface area contributed by atoms with E-state index in [0.29, 0.717) is 0 Å². The molecule has 0 aliphatic heterocycles. The molecule has 3 aromatic carbocycles. The van der Waals surface area contributed by atoms with Gasteiger partial charge >= 0.3 is 0 Å². The van der Waals surface area contributed by atoms with Crippen LogP contribution >= 0.6 is 0 Å². The minimum atomic E-state index is 0.225. The van der Waals surface area contributed by atoms with E-state index in [-0.39, 0.29) is 5.92 Å². The van der Waals surface area contributed by atoms with E-state index >= 15 is 0 Å². The molecule has 0 heterocycles. The van der Waals surface area contributed by atoms with Crippen molar-refractivity contribution in [3.05, 3.63) is 99.6 Å². The Hall–Kier alpha value is -2.54. The van der Waals surface area contributed by atoms with E-state index in [2.05, 4.69) is 76.2 Å². The van der Waals surface area contributed by atoms with Crippen molar-refractivity contribution in [2.45, 2.75) is 33.6 Å². The summed E-state index contributed by atoms with van der Waals surface area (Å²) in [4.78, 5) is 0. The summed E-state index contributed by atoms with van der Waals surface area (Å²) in [5.74, 6) is 0.225. The maximum absolute atomic E-state index is 5.90. The second-order valence-corrected chi connectivity index (χ2v) is 6.94. The van der Waals surface area contributed by atoms with Crippen LogP contribution in [0.1, 0.15) is 44.9 Å². The van der Waals surface area contributed by atoms with Gasteiger partial charge in [-0.05, 0) is 56.5 Å². The van der Waals surface area contributed by atoms with E-state index in [4.69, 9.17) is 5.73 Å². The van der Waals surface area contributed by atoms with Gasteiger partial charge in [0.2, 0.25) is 0 Å². The van der Waals surface area contributed by atoms with Crippen molar-refractivity contribution < 1.29 is 0 Å². The van der Waals surface area contributed by atoms with Gasteiger partial charge in [-0.1, -0.05) is 70.8 Å². The molecule has 0 atom stereocenters. The predicted octanol–water partition coefficient (Wildman–Crippen LogP) is 5.68. The van der Waals surface area contributed by atoms with Crippen LogP contribution in [0.2, 0.25) is 0 Å². The van der Waals surface area contributed by atoms with Crippen molar-refractivity contribution in [3.8, 4) is 0 Å². The van der Waals surface area contributed by atoms with Crippen molar-refractivity contribution in [2.24, 2.45) is 0 Å². The molecule has 3 aromatic rings. The lowest BCUT2D eigenvalue weighted by atomic mass is 9.83. The van der Waals surface area contributed by atoms with Crippen molar-refractivity contribution in [1.82, 2.24) is 0 Å². The number of nitrogen functional groups attached to an aromatic ring is 1. The van der Waals surface area contributed by atoms with Crippen molar-refractivity contribution >= 4 is 5.69 Å². The number of benzene rings is 3. The first-order chi connectivity index (χ1) is 11.4. The Kier molecular flexibility index (Phi) is 4.44. The van der Waals surface area contributed by atoms with Crippen LogP contribution in [0.5, 0.6) is 0 Å². The molecule has 0 amide bonds. The molecule has 3 rings (SSSR count). The summed E-state index contributed by atoms with van der Waals surface area (Å²) in [5, 5.41) is 0. The molecule has 0 spiro atoms. The molecule has 1 heteroatoms. The van der Waals surface area contributed by atoms with E-state index in [0.717, 1.165) is 5.69 Å². The van der Waals surface area contributed by atoms with Gasteiger partial charge in [-0.25, -0.2) is 0 Å². The minimum absolute atomic E-state index is 0.225. The van der Waals surface area contributed by atoms with Crippen molar-refractivity contribution in [1.29, 1.82) is 0 Å². The topological polar surface area (TPSA) is 26.0 Å². The third-order valence-electron chi connectivity index (χ3n) is 4.42. The van der Waals surface area contributed by atoms with Crippen LogP contribution in [0, 0.1) is 27.7 Å². The Balaban J connectivity index is 2.21. The molecule has 0 aliphatic rings. The van der Waals surface area contributed by atoms with E-state index in [1.165, 1.54) is 38.9 Å². The summed E-state index contributed by atoms with van der Waals surface area (Å²) in [5.41, 5.74) is 15.9. The summed E-state index contributed by atoms with van der Waals surface area (Å²) >= 11 is 0. The first-order valence-electron chi connectivity index (χ1n) is 8.44. The zero-order valence-corrected chi connectivity index (χ0v) is 14.9. The molecule has 0 aliphatic carbocycles. The fourth-order valence-corrected chi connectivity index (χ4v) is 3.62. The zero-order valence-electron chi connectivity index (χ0n) is 14.9. The monoisotopic (exact) mass is 315 g/mol. The van der Waals surface area contributed by atoms with Gasteiger partial charge in [0.25, 0.3) is 0 Å². The number of hydrogen-bond donors (Lipinski definition) is 1. The highest BCUT2D eigenvalue weighted by Crippen LogP contribution is 2.34. The van der Waals surface area contributed by atoms with Gasteiger partial charge in [0.05, 0.1) is 0 Å². The van der Waals surface area contributed by atoms with Crippen LogP contribution in [-0.2, 0) is 0 Å². The maximum Gasteiger partial charge on any atom is 0.0340 e. The number of hydrogen-bond acceptors (Lipinski definition) is 1. The third kappa shape index (κ3) is 3.51. The van der Waals surface area contributed by atoms with E-state index < -0.39 is 0 Å². The Morgan fingerprint density at radius 2 is 0.917 bits per heavy atom. The highest BCUT2D eigenvalue weighted by molar-refractivity contribution is 5.50. The number of aryl methyl sites for hydroxylation is 4. The molecule has 1 nitrogen and oxygen atoms in total. The fourth-order valence-electron chi connectivity index (χ4n) is 3.62.